The number of morpholine rings is 1. The van der Waals surface area contributed by atoms with Gasteiger partial charge in [-0.05, 0) is 26.0 Å². The number of carbonyl (C=O) groups is 1. The van der Waals surface area contributed by atoms with Crippen LogP contribution in [0.2, 0.25) is 5.15 Å². The first-order chi connectivity index (χ1) is 16.9. The van der Waals surface area contributed by atoms with Crippen LogP contribution in [0.15, 0.2) is 30.7 Å². The van der Waals surface area contributed by atoms with E-state index in [4.69, 9.17) is 26.1 Å². The SMILES string of the molecule is COc1cnc(Cl)cc1-c1cc(C)ncc1C(=O)Nc1nc2ncc(N3CCO[C@H](C)C3)nc2s1. The highest BCUT2D eigenvalue weighted by Gasteiger charge is 2.21. The Morgan fingerprint density at radius 3 is 2.86 bits per heavy atom. The molecule has 1 amide bonds. The zero-order chi connectivity index (χ0) is 24.5. The van der Waals surface area contributed by atoms with Gasteiger partial charge < -0.3 is 14.4 Å². The Bertz CT molecular complexity index is 1410. The minimum Gasteiger partial charge on any atom is -0.494 e. The molecule has 1 aliphatic rings. The summed E-state index contributed by atoms with van der Waals surface area (Å²) in [6.07, 6.45) is 4.87. The average Bonchev–Trinajstić information content (AvgIpc) is 3.25. The molecule has 4 aromatic rings. The van der Waals surface area contributed by atoms with Gasteiger partial charge in [-0.1, -0.05) is 22.9 Å². The minimum absolute atomic E-state index is 0.128. The Hall–Kier alpha value is -3.41. The van der Waals surface area contributed by atoms with Crippen molar-refractivity contribution in [1.29, 1.82) is 0 Å². The molecule has 0 aromatic carbocycles. The lowest BCUT2D eigenvalue weighted by molar-refractivity contribution is 0.0529. The number of pyridine rings is 2. The summed E-state index contributed by atoms with van der Waals surface area (Å²) in [5, 5.41) is 3.54. The first-order valence-electron chi connectivity index (χ1n) is 10.9. The van der Waals surface area contributed by atoms with Crippen LogP contribution in [-0.2, 0) is 4.74 Å². The summed E-state index contributed by atoms with van der Waals surface area (Å²) in [5.74, 6) is 0.886. The van der Waals surface area contributed by atoms with Gasteiger partial charge in [0, 0.05) is 36.1 Å². The molecule has 1 fully saturated rings. The molecule has 4 aromatic heterocycles. The van der Waals surface area contributed by atoms with Crippen LogP contribution in [-0.4, -0.2) is 63.7 Å². The second-order valence-corrected chi connectivity index (χ2v) is 9.40. The van der Waals surface area contributed by atoms with Crippen LogP contribution in [0.1, 0.15) is 23.0 Å². The molecule has 0 unspecified atom stereocenters. The van der Waals surface area contributed by atoms with E-state index in [1.54, 1.807) is 18.3 Å². The number of anilines is 2. The molecule has 1 aliphatic heterocycles. The number of halogens is 1. The van der Waals surface area contributed by atoms with E-state index < -0.39 is 0 Å². The van der Waals surface area contributed by atoms with Crippen molar-refractivity contribution in [2.75, 3.05) is 37.0 Å². The number of hydrogen-bond acceptors (Lipinski definition) is 10. The highest BCUT2D eigenvalue weighted by molar-refractivity contribution is 7.21. The molecule has 12 heteroatoms. The van der Waals surface area contributed by atoms with Crippen LogP contribution in [0.4, 0.5) is 10.9 Å². The fourth-order valence-corrected chi connectivity index (χ4v) is 4.81. The third-order valence-electron chi connectivity index (χ3n) is 5.53. The Kier molecular flexibility index (Phi) is 6.46. The molecule has 0 radical (unpaired) electrons. The van der Waals surface area contributed by atoms with E-state index in [-0.39, 0.29) is 17.2 Å². The van der Waals surface area contributed by atoms with Crippen LogP contribution < -0.4 is 15.0 Å². The van der Waals surface area contributed by atoms with E-state index in [0.29, 0.717) is 44.7 Å². The topological polar surface area (TPSA) is 115 Å². The van der Waals surface area contributed by atoms with Crippen LogP contribution >= 0.6 is 22.9 Å². The predicted molar refractivity (Wildman–Crippen MR) is 135 cm³/mol. The number of fused-ring (bicyclic) bond motifs is 1. The second kappa shape index (κ2) is 9.68. The van der Waals surface area contributed by atoms with Crippen molar-refractivity contribution in [3.8, 4) is 16.9 Å². The number of amides is 1. The third-order valence-corrected chi connectivity index (χ3v) is 6.59. The molecule has 0 spiro atoms. The zero-order valence-electron chi connectivity index (χ0n) is 19.3. The quantitative estimate of drug-likeness (QED) is 0.397. The number of aryl methyl sites for hydroxylation is 1. The van der Waals surface area contributed by atoms with Gasteiger partial charge in [0.05, 0.1) is 37.8 Å². The smallest absolute Gasteiger partial charge is 0.259 e. The normalized spacial score (nSPS) is 15.9. The number of aromatic nitrogens is 5. The van der Waals surface area contributed by atoms with Gasteiger partial charge in [0.25, 0.3) is 5.91 Å². The lowest BCUT2D eigenvalue weighted by Gasteiger charge is -2.31. The Labute approximate surface area is 210 Å². The maximum atomic E-state index is 13.3. The molecule has 5 heterocycles. The number of ether oxygens (including phenoxy) is 2. The summed E-state index contributed by atoms with van der Waals surface area (Å²) < 4.78 is 11.0. The summed E-state index contributed by atoms with van der Waals surface area (Å²) in [7, 11) is 1.54. The van der Waals surface area contributed by atoms with E-state index in [2.05, 4.69) is 30.2 Å². The number of nitrogens with zero attached hydrogens (tertiary/aromatic N) is 6. The largest absolute Gasteiger partial charge is 0.494 e. The van der Waals surface area contributed by atoms with Crippen molar-refractivity contribution in [3.63, 3.8) is 0 Å². The molecular formula is C23H22ClN7O3S. The number of thiazole rings is 1. The predicted octanol–water partition coefficient (Wildman–Crippen LogP) is 3.99. The van der Waals surface area contributed by atoms with Crippen LogP contribution in [0.5, 0.6) is 5.75 Å². The molecule has 180 valence electrons. The maximum absolute atomic E-state index is 13.3. The Balaban J connectivity index is 1.44. The fraction of sp³-hybridized carbons (Fsp3) is 0.304. The lowest BCUT2D eigenvalue weighted by Crippen LogP contribution is -2.41. The molecule has 0 saturated carbocycles. The first-order valence-corrected chi connectivity index (χ1v) is 12.1. The molecule has 1 N–H and O–H groups in total. The van der Waals surface area contributed by atoms with E-state index in [9.17, 15) is 4.79 Å². The van der Waals surface area contributed by atoms with Crippen molar-refractivity contribution in [2.24, 2.45) is 0 Å². The first kappa shape index (κ1) is 23.3. The highest BCUT2D eigenvalue weighted by Crippen LogP contribution is 2.34. The van der Waals surface area contributed by atoms with Crippen molar-refractivity contribution in [1.82, 2.24) is 24.9 Å². The number of methoxy groups -OCH3 is 1. The van der Waals surface area contributed by atoms with Gasteiger partial charge in [0.2, 0.25) is 0 Å². The molecule has 0 bridgehead atoms. The molecule has 1 saturated heterocycles. The van der Waals surface area contributed by atoms with Gasteiger partial charge in [0.15, 0.2) is 15.6 Å². The number of carbonyl (C=O) groups excluding carboxylic acids is 1. The second-order valence-electron chi connectivity index (χ2n) is 8.04. The van der Waals surface area contributed by atoms with Crippen LogP contribution in [0.3, 0.4) is 0 Å². The van der Waals surface area contributed by atoms with E-state index in [1.807, 2.05) is 13.8 Å². The molecule has 1 atom stereocenters. The van der Waals surface area contributed by atoms with Crippen molar-refractivity contribution in [2.45, 2.75) is 20.0 Å². The van der Waals surface area contributed by atoms with Gasteiger partial charge in [-0.25, -0.2) is 15.0 Å². The highest BCUT2D eigenvalue weighted by atomic mass is 35.5. The van der Waals surface area contributed by atoms with Gasteiger partial charge in [-0.2, -0.15) is 4.98 Å². The summed E-state index contributed by atoms with van der Waals surface area (Å²) in [6, 6.07) is 3.46. The van der Waals surface area contributed by atoms with Gasteiger partial charge >= 0.3 is 0 Å². The molecule has 10 nitrogen and oxygen atoms in total. The van der Waals surface area contributed by atoms with Crippen molar-refractivity contribution >= 4 is 50.3 Å². The van der Waals surface area contributed by atoms with E-state index in [1.165, 1.54) is 30.8 Å². The van der Waals surface area contributed by atoms with Crippen LogP contribution in [0.25, 0.3) is 21.6 Å². The van der Waals surface area contributed by atoms with Crippen molar-refractivity contribution in [3.05, 3.63) is 47.1 Å². The molecule has 5 rings (SSSR count). The summed E-state index contributed by atoms with van der Waals surface area (Å²) in [4.78, 5) is 38.0. The third kappa shape index (κ3) is 4.88. The molecular weight excluding hydrogens is 490 g/mol. The van der Waals surface area contributed by atoms with E-state index in [0.717, 1.165) is 24.6 Å². The fourth-order valence-electron chi connectivity index (χ4n) is 3.86. The Morgan fingerprint density at radius 2 is 2.06 bits per heavy atom. The minimum atomic E-state index is -0.372. The summed E-state index contributed by atoms with van der Waals surface area (Å²) in [5.41, 5.74) is 2.82. The number of hydrogen-bond donors (Lipinski definition) is 1. The van der Waals surface area contributed by atoms with E-state index >= 15 is 0 Å². The zero-order valence-corrected chi connectivity index (χ0v) is 20.9. The maximum Gasteiger partial charge on any atom is 0.259 e. The number of nitrogens with one attached hydrogen (secondary N) is 1. The van der Waals surface area contributed by atoms with Crippen molar-refractivity contribution < 1.29 is 14.3 Å². The monoisotopic (exact) mass is 511 g/mol. The van der Waals surface area contributed by atoms with Crippen LogP contribution in [0, 0.1) is 6.92 Å². The molecule has 35 heavy (non-hydrogen) atoms. The average molecular weight is 512 g/mol. The Morgan fingerprint density at radius 1 is 1.20 bits per heavy atom. The lowest BCUT2D eigenvalue weighted by atomic mass is 10.0. The van der Waals surface area contributed by atoms with Gasteiger partial charge in [-0.3, -0.25) is 15.1 Å². The molecule has 0 aliphatic carbocycles. The standard InChI is InChI=1S/C23H22ClN7O3S/c1-12-6-14(15-7-18(24)26-9-17(15)33-3)16(8-25-12)21(32)30-23-29-20-22(35-23)28-19(10-27-20)31-4-5-34-13(2)11-31/h6-10,13H,4-5,11H2,1-3H3,(H,27,29,30,32)/t13-/m1/s1. The summed E-state index contributed by atoms with van der Waals surface area (Å²) >= 11 is 7.40. The van der Waals surface area contributed by atoms with Gasteiger partial charge in [-0.15, -0.1) is 0 Å². The number of rotatable bonds is 5. The van der Waals surface area contributed by atoms with Gasteiger partial charge in [0.1, 0.15) is 16.7 Å². The summed E-state index contributed by atoms with van der Waals surface area (Å²) in [6.45, 7) is 6.01.